The number of allylic oxidation sites excluding steroid dienone is 4. The lowest BCUT2D eigenvalue weighted by Crippen LogP contribution is -2.21. The van der Waals surface area contributed by atoms with Gasteiger partial charge in [0.05, 0.1) is 18.6 Å². The zero-order chi connectivity index (χ0) is 36.6. The second kappa shape index (κ2) is 18.6. The highest BCUT2D eigenvalue weighted by atomic mass is 32.1. The van der Waals surface area contributed by atoms with E-state index in [2.05, 4.69) is 0 Å². The Bertz CT molecular complexity index is 2010. The standard InChI is InChI=1S/C40H33F3N4O3S/c1-47(20-21-48)34-15-12-31(38(22-34)49-27-29-8-4-2-5-9-29)13-16-35-18-19-36(51-35)17-14-32(23-40(41,42)43)37(26-46)39(33(24-44)25-45)50-28-30-10-6-3-7-11-30/h2-19,22,48H,20-21,23,27-28H2,1H3/b16-13+,17-14+,37-32-. The summed E-state index contributed by atoms with van der Waals surface area (Å²) in [5.41, 5.74) is 1.68. The van der Waals surface area contributed by atoms with E-state index in [1.165, 1.54) is 23.5 Å². The number of likely N-dealkylation sites (N-methyl/N-ethyl adjacent to an activating group) is 1. The van der Waals surface area contributed by atoms with Crippen LogP contribution >= 0.6 is 11.3 Å². The summed E-state index contributed by atoms with van der Waals surface area (Å²) >= 11 is 1.31. The highest BCUT2D eigenvalue weighted by molar-refractivity contribution is 7.13. The summed E-state index contributed by atoms with van der Waals surface area (Å²) in [5.74, 6) is 0.122. The van der Waals surface area contributed by atoms with Crippen molar-refractivity contribution in [3.05, 3.63) is 146 Å². The summed E-state index contributed by atoms with van der Waals surface area (Å²) in [6, 6.07) is 32.7. The first-order chi connectivity index (χ1) is 24.6. The third-order valence-electron chi connectivity index (χ3n) is 7.36. The third kappa shape index (κ3) is 11.5. The number of anilines is 1. The lowest BCUT2D eigenvalue weighted by Gasteiger charge is -2.20. The van der Waals surface area contributed by atoms with Gasteiger partial charge in [0.25, 0.3) is 0 Å². The van der Waals surface area contributed by atoms with Gasteiger partial charge in [-0.05, 0) is 59.2 Å². The monoisotopic (exact) mass is 706 g/mol. The van der Waals surface area contributed by atoms with Crippen LogP contribution in [0.15, 0.2) is 120 Å². The highest BCUT2D eigenvalue weighted by Gasteiger charge is 2.31. The number of aliphatic hydroxyl groups is 1. The van der Waals surface area contributed by atoms with Gasteiger partial charge in [-0.15, -0.1) is 11.3 Å². The molecule has 258 valence electrons. The van der Waals surface area contributed by atoms with Crippen molar-refractivity contribution in [2.45, 2.75) is 25.8 Å². The van der Waals surface area contributed by atoms with Crippen LogP contribution in [-0.4, -0.2) is 31.5 Å². The number of benzene rings is 3. The molecule has 0 amide bonds. The summed E-state index contributed by atoms with van der Waals surface area (Å²) in [6.45, 7) is 0.628. The molecule has 51 heavy (non-hydrogen) atoms. The van der Waals surface area contributed by atoms with Crippen molar-refractivity contribution in [1.82, 2.24) is 0 Å². The Labute approximate surface area is 299 Å². The minimum Gasteiger partial charge on any atom is -0.488 e. The summed E-state index contributed by atoms with van der Waals surface area (Å²) in [6.07, 6.45) is 0.181. The smallest absolute Gasteiger partial charge is 0.393 e. The van der Waals surface area contributed by atoms with Gasteiger partial charge in [0.2, 0.25) is 0 Å². The van der Waals surface area contributed by atoms with Crippen LogP contribution in [-0.2, 0) is 18.0 Å². The van der Waals surface area contributed by atoms with E-state index in [9.17, 15) is 34.1 Å². The lowest BCUT2D eigenvalue weighted by atomic mass is 10.0. The second-order valence-corrected chi connectivity index (χ2v) is 12.2. The van der Waals surface area contributed by atoms with Gasteiger partial charge in [0.15, 0.2) is 11.3 Å². The Hall–Kier alpha value is -6.06. The van der Waals surface area contributed by atoms with Gasteiger partial charge in [-0.1, -0.05) is 66.7 Å². The van der Waals surface area contributed by atoms with Crippen LogP contribution in [0.4, 0.5) is 18.9 Å². The third-order valence-corrected chi connectivity index (χ3v) is 8.38. The molecule has 0 radical (unpaired) electrons. The number of ether oxygens (including phenoxy) is 2. The molecule has 1 aromatic heterocycles. The summed E-state index contributed by atoms with van der Waals surface area (Å²) < 4.78 is 53.2. The average Bonchev–Trinajstić information content (AvgIpc) is 3.59. The van der Waals surface area contributed by atoms with Crippen molar-refractivity contribution in [3.63, 3.8) is 0 Å². The molecule has 0 saturated carbocycles. The Balaban J connectivity index is 1.63. The predicted molar refractivity (Wildman–Crippen MR) is 193 cm³/mol. The van der Waals surface area contributed by atoms with Crippen molar-refractivity contribution >= 4 is 35.3 Å². The van der Waals surface area contributed by atoms with Crippen LogP contribution in [0.25, 0.3) is 18.2 Å². The van der Waals surface area contributed by atoms with Gasteiger partial charge in [0, 0.05) is 40.7 Å². The molecule has 0 spiro atoms. The minimum atomic E-state index is -4.70. The van der Waals surface area contributed by atoms with Gasteiger partial charge in [-0.25, -0.2) is 0 Å². The van der Waals surface area contributed by atoms with Gasteiger partial charge in [-0.2, -0.15) is 29.0 Å². The minimum absolute atomic E-state index is 0.000492. The van der Waals surface area contributed by atoms with Crippen LogP contribution in [0.2, 0.25) is 0 Å². The fourth-order valence-corrected chi connectivity index (χ4v) is 5.60. The maximum atomic E-state index is 13.8. The van der Waals surface area contributed by atoms with Crippen molar-refractivity contribution in [2.24, 2.45) is 0 Å². The Morgan fingerprint density at radius 1 is 0.824 bits per heavy atom. The van der Waals surface area contributed by atoms with Crippen molar-refractivity contribution < 1.29 is 27.8 Å². The van der Waals surface area contributed by atoms with Crippen molar-refractivity contribution in [3.8, 4) is 24.0 Å². The Kier molecular flexibility index (Phi) is 13.8. The molecule has 0 fully saturated rings. The second-order valence-electron chi connectivity index (χ2n) is 11.1. The first kappa shape index (κ1) is 37.8. The molecule has 1 heterocycles. The number of aliphatic hydroxyl groups excluding tert-OH is 1. The molecule has 4 rings (SSSR count). The van der Waals surface area contributed by atoms with Gasteiger partial charge in [0.1, 0.15) is 37.2 Å². The molecule has 4 aromatic rings. The lowest BCUT2D eigenvalue weighted by molar-refractivity contribution is -0.126. The molecule has 0 bridgehead atoms. The molecule has 0 saturated heterocycles. The van der Waals surface area contributed by atoms with E-state index in [1.54, 1.807) is 54.6 Å². The van der Waals surface area contributed by atoms with Crippen molar-refractivity contribution in [1.29, 1.82) is 15.8 Å². The van der Waals surface area contributed by atoms with Gasteiger partial charge in [-0.3, -0.25) is 0 Å². The summed E-state index contributed by atoms with van der Waals surface area (Å²) in [7, 11) is 1.87. The predicted octanol–water partition coefficient (Wildman–Crippen LogP) is 9.23. The number of thiophene rings is 1. The zero-order valence-corrected chi connectivity index (χ0v) is 28.4. The van der Waals surface area contributed by atoms with E-state index in [-0.39, 0.29) is 13.2 Å². The number of alkyl halides is 3. The number of halogens is 3. The van der Waals surface area contributed by atoms with Crippen LogP contribution in [0, 0.1) is 34.0 Å². The first-order valence-corrected chi connectivity index (χ1v) is 16.5. The molecule has 1 N–H and O–H groups in total. The fourth-order valence-electron chi connectivity index (χ4n) is 4.78. The maximum absolute atomic E-state index is 13.8. The number of hydrogen-bond acceptors (Lipinski definition) is 8. The molecule has 0 aliphatic rings. The number of rotatable bonds is 15. The molecule has 0 unspecified atom stereocenters. The molecule has 11 heteroatoms. The Morgan fingerprint density at radius 3 is 2.04 bits per heavy atom. The molecule has 0 atom stereocenters. The van der Waals surface area contributed by atoms with Crippen molar-refractivity contribution in [2.75, 3.05) is 25.1 Å². The number of nitrogens with zero attached hydrogens (tertiary/aromatic N) is 4. The van der Waals surface area contributed by atoms with E-state index in [0.29, 0.717) is 29.3 Å². The van der Waals surface area contributed by atoms with Crippen LogP contribution < -0.4 is 9.64 Å². The van der Waals surface area contributed by atoms with Crippen LogP contribution in [0.3, 0.4) is 0 Å². The SMILES string of the molecule is CN(CCO)c1ccc(/C=C/c2ccc(/C=C/C(CC(F)(F)F)=C(\C#N)C(OCc3ccccc3)=C(C#N)C#N)s2)c(OCc2ccccc2)c1. The zero-order valence-electron chi connectivity index (χ0n) is 27.6. The number of nitriles is 3. The van der Waals surface area contributed by atoms with Gasteiger partial charge >= 0.3 is 6.18 Å². The van der Waals surface area contributed by atoms with Crippen LogP contribution in [0.1, 0.15) is 32.9 Å². The quantitative estimate of drug-likeness (QED) is 0.0745. The number of hydrogen-bond donors (Lipinski definition) is 1. The normalized spacial score (nSPS) is 11.7. The fraction of sp³-hybridized carbons (Fsp3) is 0.175. The largest absolute Gasteiger partial charge is 0.488 e. The maximum Gasteiger partial charge on any atom is 0.393 e. The average molecular weight is 707 g/mol. The summed E-state index contributed by atoms with van der Waals surface area (Å²) in [4.78, 5) is 3.31. The van der Waals surface area contributed by atoms with Gasteiger partial charge < -0.3 is 19.5 Å². The molecule has 3 aromatic carbocycles. The molecule has 0 aliphatic heterocycles. The van der Waals surface area contributed by atoms with E-state index >= 15 is 0 Å². The Morgan fingerprint density at radius 2 is 1.45 bits per heavy atom. The first-order valence-electron chi connectivity index (χ1n) is 15.6. The molecular formula is C40H33F3N4O3S. The highest BCUT2D eigenvalue weighted by Crippen LogP contribution is 2.33. The summed E-state index contributed by atoms with van der Waals surface area (Å²) in [5, 5.41) is 38.5. The molecule has 0 aliphatic carbocycles. The van der Waals surface area contributed by atoms with E-state index in [0.717, 1.165) is 21.7 Å². The molecular weight excluding hydrogens is 674 g/mol. The molecule has 7 nitrogen and oxygen atoms in total. The van der Waals surface area contributed by atoms with E-state index in [4.69, 9.17) is 9.47 Å². The van der Waals surface area contributed by atoms with Crippen LogP contribution in [0.5, 0.6) is 5.75 Å². The topological polar surface area (TPSA) is 113 Å². The van der Waals surface area contributed by atoms with E-state index in [1.807, 2.05) is 78.7 Å². The van der Waals surface area contributed by atoms with E-state index < -0.39 is 35.1 Å².